The van der Waals surface area contributed by atoms with Crippen molar-refractivity contribution < 1.29 is 18.1 Å². The van der Waals surface area contributed by atoms with Crippen molar-refractivity contribution in [1.82, 2.24) is 5.43 Å². The highest BCUT2D eigenvalue weighted by atomic mass is 32.2. The maximum Gasteiger partial charge on any atom is 0.269 e. The molecule has 0 atom stereocenters. The van der Waals surface area contributed by atoms with E-state index in [4.69, 9.17) is 0 Å². The Morgan fingerprint density at radius 3 is 2.40 bits per heavy atom. The van der Waals surface area contributed by atoms with E-state index in [0.29, 0.717) is 0 Å². The summed E-state index contributed by atoms with van der Waals surface area (Å²) in [5, 5.41) is 16.6. The number of benzene rings is 2. The zero-order valence-electron chi connectivity index (χ0n) is 15.4. The lowest BCUT2D eigenvalue weighted by atomic mass is 10.3. The lowest BCUT2D eigenvalue weighted by molar-refractivity contribution is -0.384. The van der Waals surface area contributed by atoms with Gasteiger partial charge in [0.2, 0.25) is 0 Å². The number of nitrogens with zero attached hydrogens (tertiary/aromatic N) is 3. The maximum atomic E-state index is 13.1. The van der Waals surface area contributed by atoms with Crippen molar-refractivity contribution in [1.29, 1.82) is 0 Å². The number of anilines is 1. The van der Waals surface area contributed by atoms with Crippen molar-refractivity contribution in [2.45, 2.75) is 4.90 Å². The van der Waals surface area contributed by atoms with Crippen LogP contribution in [-0.4, -0.2) is 32.0 Å². The van der Waals surface area contributed by atoms with E-state index in [1.165, 1.54) is 53.9 Å². The van der Waals surface area contributed by atoms with Crippen LogP contribution in [0.1, 0.15) is 4.88 Å². The van der Waals surface area contributed by atoms with Crippen LogP contribution in [-0.2, 0) is 14.8 Å². The monoisotopic (exact) mass is 444 g/mol. The van der Waals surface area contributed by atoms with E-state index in [9.17, 15) is 23.3 Å². The fraction of sp³-hybridized carbons (Fsp3) is 0.0526. The first-order chi connectivity index (χ1) is 14.4. The van der Waals surface area contributed by atoms with Crippen LogP contribution in [0.2, 0.25) is 0 Å². The van der Waals surface area contributed by atoms with E-state index in [1.807, 2.05) is 17.5 Å². The molecule has 0 aliphatic heterocycles. The van der Waals surface area contributed by atoms with E-state index in [2.05, 4.69) is 10.5 Å². The summed E-state index contributed by atoms with van der Waals surface area (Å²) >= 11 is 1.43. The van der Waals surface area contributed by atoms with E-state index < -0.39 is 27.4 Å². The maximum absolute atomic E-state index is 13.1. The van der Waals surface area contributed by atoms with Gasteiger partial charge < -0.3 is 0 Å². The number of non-ortho nitro benzene ring substituents is 1. The van der Waals surface area contributed by atoms with Gasteiger partial charge in [0.25, 0.3) is 21.6 Å². The Balaban J connectivity index is 1.87. The number of amides is 1. The third kappa shape index (κ3) is 5.07. The Labute approximate surface area is 176 Å². The lowest BCUT2D eigenvalue weighted by Crippen LogP contribution is -2.39. The minimum atomic E-state index is -4.10. The Morgan fingerprint density at radius 2 is 1.80 bits per heavy atom. The van der Waals surface area contributed by atoms with Crippen LogP contribution in [0.5, 0.6) is 0 Å². The number of hydrogen-bond acceptors (Lipinski definition) is 7. The molecule has 0 radical (unpaired) electrons. The van der Waals surface area contributed by atoms with Gasteiger partial charge >= 0.3 is 0 Å². The number of nitro benzene ring substituents is 1. The number of hydrogen-bond donors (Lipinski definition) is 1. The normalized spacial score (nSPS) is 11.3. The molecule has 2 aromatic carbocycles. The van der Waals surface area contributed by atoms with Crippen LogP contribution >= 0.6 is 11.3 Å². The Morgan fingerprint density at radius 1 is 1.10 bits per heavy atom. The average molecular weight is 444 g/mol. The standard InChI is InChI=1S/C19H16N4O5S2/c24-19(21-20-13-17-5-4-12-29-17)14-22(15-8-10-16(11-9-15)23(25)26)30(27,28)18-6-2-1-3-7-18/h1-13H,14H2,(H,21,24)/b20-13-. The van der Waals surface area contributed by atoms with Gasteiger partial charge in [-0.25, -0.2) is 13.8 Å². The molecule has 0 unspecified atom stereocenters. The first kappa shape index (κ1) is 21.1. The molecule has 154 valence electrons. The zero-order valence-corrected chi connectivity index (χ0v) is 17.0. The van der Waals surface area contributed by atoms with Crippen molar-refractivity contribution in [3.8, 4) is 0 Å². The highest BCUT2D eigenvalue weighted by Crippen LogP contribution is 2.25. The van der Waals surface area contributed by atoms with Crippen molar-refractivity contribution in [3.63, 3.8) is 0 Å². The Hall–Kier alpha value is -3.57. The summed E-state index contributed by atoms with van der Waals surface area (Å²) in [5.74, 6) is -0.666. The summed E-state index contributed by atoms with van der Waals surface area (Å²) in [5.41, 5.74) is 2.22. The molecule has 0 bridgehead atoms. The van der Waals surface area contributed by atoms with Crippen LogP contribution in [0.3, 0.4) is 0 Å². The van der Waals surface area contributed by atoms with Gasteiger partial charge in [-0.15, -0.1) is 11.3 Å². The van der Waals surface area contributed by atoms with Crippen LogP contribution in [0.15, 0.2) is 82.1 Å². The number of hydrazone groups is 1. The molecule has 0 spiro atoms. The Kier molecular flexibility index (Phi) is 6.54. The van der Waals surface area contributed by atoms with Crippen LogP contribution in [0, 0.1) is 10.1 Å². The summed E-state index contributed by atoms with van der Waals surface area (Å²) in [4.78, 5) is 23.5. The number of carbonyl (C=O) groups excluding carboxylic acids is 1. The summed E-state index contributed by atoms with van der Waals surface area (Å²) in [6, 6.07) is 16.1. The van der Waals surface area contributed by atoms with Crippen molar-refractivity contribution >= 4 is 44.9 Å². The van der Waals surface area contributed by atoms with Crippen LogP contribution < -0.4 is 9.73 Å². The number of rotatable bonds is 8. The van der Waals surface area contributed by atoms with Gasteiger partial charge in [-0.1, -0.05) is 24.3 Å². The molecule has 30 heavy (non-hydrogen) atoms. The molecule has 3 rings (SSSR count). The van der Waals surface area contributed by atoms with E-state index in [-0.39, 0.29) is 16.3 Å². The molecule has 0 aliphatic rings. The second-order valence-corrected chi connectivity index (χ2v) is 8.75. The summed E-state index contributed by atoms with van der Waals surface area (Å²) in [6.45, 7) is -0.559. The highest BCUT2D eigenvalue weighted by Gasteiger charge is 2.27. The predicted molar refractivity (Wildman–Crippen MR) is 114 cm³/mol. The van der Waals surface area contributed by atoms with Gasteiger partial charge in [0, 0.05) is 17.0 Å². The number of nitro groups is 1. The predicted octanol–water partition coefficient (Wildman–Crippen LogP) is 3.00. The molecule has 1 aromatic heterocycles. The first-order valence-electron chi connectivity index (χ1n) is 8.55. The van der Waals surface area contributed by atoms with Gasteiger partial charge in [0.05, 0.1) is 21.7 Å². The second kappa shape index (κ2) is 9.29. The largest absolute Gasteiger partial charge is 0.271 e. The summed E-state index contributed by atoms with van der Waals surface area (Å²) < 4.78 is 27.1. The minimum Gasteiger partial charge on any atom is -0.271 e. The molecule has 3 aromatic rings. The molecule has 11 heteroatoms. The van der Waals surface area contributed by atoms with E-state index >= 15 is 0 Å². The summed E-state index contributed by atoms with van der Waals surface area (Å²) in [7, 11) is -4.10. The van der Waals surface area contributed by atoms with E-state index in [1.54, 1.807) is 18.2 Å². The molecule has 0 aliphatic carbocycles. The number of thiophene rings is 1. The number of sulfonamides is 1. The quantitative estimate of drug-likeness (QED) is 0.325. The first-order valence-corrected chi connectivity index (χ1v) is 10.9. The second-order valence-electron chi connectivity index (χ2n) is 5.91. The van der Waals surface area contributed by atoms with Gasteiger partial charge in [-0.3, -0.25) is 19.2 Å². The van der Waals surface area contributed by atoms with Gasteiger partial charge in [0.1, 0.15) is 6.54 Å². The number of carbonyl (C=O) groups is 1. The molecule has 0 fully saturated rings. The zero-order chi connectivity index (χ0) is 21.6. The summed E-state index contributed by atoms with van der Waals surface area (Å²) in [6.07, 6.45) is 1.45. The smallest absolute Gasteiger partial charge is 0.269 e. The highest BCUT2D eigenvalue weighted by molar-refractivity contribution is 7.92. The Bertz CT molecular complexity index is 1150. The van der Waals surface area contributed by atoms with Crippen molar-refractivity contribution in [2.75, 3.05) is 10.8 Å². The van der Waals surface area contributed by atoms with Gasteiger partial charge in [0.15, 0.2) is 0 Å². The average Bonchev–Trinajstić information content (AvgIpc) is 3.26. The fourth-order valence-corrected chi connectivity index (χ4v) is 4.50. The SMILES string of the molecule is O=C(CN(c1ccc([N+](=O)[O-])cc1)S(=O)(=O)c1ccccc1)N/N=C\c1cccs1. The molecule has 0 saturated heterocycles. The van der Waals surface area contributed by atoms with Gasteiger partial charge in [-0.2, -0.15) is 5.10 Å². The van der Waals surface area contributed by atoms with Crippen molar-refractivity contribution in [3.05, 3.63) is 87.1 Å². The van der Waals surface area contributed by atoms with Crippen molar-refractivity contribution in [2.24, 2.45) is 5.10 Å². The molecular weight excluding hydrogens is 428 g/mol. The molecule has 0 saturated carbocycles. The topological polar surface area (TPSA) is 122 Å². The molecule has 1 heterocycles. The number of nitrogens with one attached hydrogen (secondary N) is 1. The molecule has 1 amide bonds. The van der Waals surface area contributed by atoms with E-state index in [0.717, 1.165) is 9.18 Å². The minimum absolute atomic E-state index is 0.0155. The third-order valence-corrected chi connectivity index (χ3v) is 6.49. The van der Waals surface area contributed by atoms with Gasteiger partial charge in [-0.05, 0) is 35.7 Å². The lowest BCUT2D eigenvalue weighted by Gasteiger charge is -2.23. The third-order valence-electron chi connectivity index (χ3n) is 3.89. The van der Waals surface area contributed by atoms with Crippen LogP contribution in [0.4, 0.5) is 11.4 Å². The fourth-order valence-electron chi connectivity index (χ4n) is 2.47. The molecular formula is C19H16N4O5S2. The molecule has 9 nitrogen and oxygen atoms in total. The van der Waals surface area contributed by atoms with Crippen LogP contribution in [0.25, 0.3) is 0 Å². The molecule has 1 N–H and O–H groups in total.